The van der Waals surface area contributed by atoms with Gasteiger partial charge in [0.05, 0.1) is 12.9 Å². The van der Waals surface area contributed by atoms with E-state index in [0.717, 1.165) is 27.7 Å². The Bertz CT molecular complexity index is 1620. The van der Waals surface area contributed by atoms with Crippen LogP contribution in [0, 0.1) is 5.82 Å². The van der Waals surface area contributed by atoms with Gasteiger partial charge < -0.3 is 24.1 Å². The molecular formula is C30H26ClFN4O4. The van der Waals surface area contributed by atoms with Crippen LogP contribution in [0.25, 0.3) is 10.9 Å². The Balaban J connectivity index is 1.27. The van der Waals surface area contributed by atoms with Crippen molar-refractivity contribution in [1.29, 1.82) is 0 Å². The lowest BCUT2D eigenvalue weighted by Crippen LogP contribution is -2.42. The molecule has 3 heterocycles. The Kier molecular flexibility index (Phi) is 7.15. The molecule has 10 heteroatoms. The summed E-state index contributed by atoms with van der Waals surface area (Å²) in [4.78, 5) is 22.5. The predicted molar refractivity (Wildman–Crippen MR) is 148 cm³/mol. The van der Waals surface area contributed by atoms with Crippen LogP contribution in [-0.4, -0.2) is 49.9 Å². The van der Waals surface area contributed by atoms with Gasteiger partial charge in [0.15, 0.2) is 0 Å². The molecule has 40 heavy (non-hydrogen) atoms. The van der Waals surface area contributed by atoms with E-state index in [2.05, 4.69) is 9.97 Å². The van der Waals surface area contributed by atoms with Crippen LogP contribution in [0.2, 0.25) is 5.02 Å². The minimum atomic E-state index is -0.704. The highest BCUT2D eigenvalue weighted by Crippen LogP contribution is 2.40. The number of halogens is 2. The Morgan fingerprint density at radius 3 is 2.65 bits per heavy atom. The fraction of sp³-hybridized carbons (Fsp3) is 0.200. The molecule has 2 unspecified atom stereocenters. The number of nitrogens with zero attached hydrogens (tertiary/aromatic N) is 3. The molecule has 1 aliphatic heterocycles. The van der Waals surface area contributed by atoms with E-state index in [1.807, 2.05) is 42.5 Å². The summed E-state index contributed by atoms with van der Waals surface area (Å²) in [5.41, 5.74) is 3.75. The zero-order valence-corrected chi connectivity index (χ0v) is 22.1. The van der Waals surface area contributed by atoms with Crippen molar-refractivity contribution in [3.63, 3.8) is 0 Å². The molecule has 5 aromatic rings. The molecule has 2 aromatic heterocycles. The van der Waals surface area contributed by atoms with Crippen molar-refractivity contribution >= 4 is 28.6 Å². The van der Waals surface area contributed by atoms with Gasteiger partial charge in [0.2, 0.25) is 0 Å². The number of benzene rings is 3. The van der Waals surface area contributed by atoms with Crippen molar-refractivity contribution in [2.24, 2.45) is 0 Å². The lowest BCUT2D eigenvalue weighted by atomic mass is 9.92. The fourth-order valence-electron chi connectivity index (χ4n) is 5.10. The molecule has 2 atom stereocenters. The van der Waals surface area contributed by atoms with Crippen LogP contribution in [0.4, 0.5) is 9.18 Å². The maximum atomic E-state index is 13.4. The van der Waals surface area contributed by atoms with E-state index in [0.29, 0.717) is 30.3 Å². The number of aliphatic hydroxyl groups excluding tert-OH is 1. The van der Waals surface area contributed by atoms with Gasteiger partial charge in [0, 0.05) is 40.6 Å². The number of rotatable bonds is 7. The Morgan fingerprint density at radius 1 is 1.12 bits per heavy atom. The molecule has 6 rings (SSSR count). The third kappa shape index (κ3) is 5.38. The first-order chi connectivity index (χ1) is 19.4. The molecule has 0 spiro atoms. The highest BCUT2D eigenvalue weighted by atomic mass is 35.5. The topological polar surface area (TPSA) is 92.6 Å². The molecule has 1 aliphatic rings. The summed E-state index contributed by atoms with van der Waals surface area (Å²) in [5.74, 6) is 0.444. The van der Waals surface area contributed by atoms with Gasteiger partial charge in [0.25, 0.3) is 0 Å². The SMILES string of the molecule is O=C(Oc1ccc(F)cc1)N1CCc2c([nH]c3ccc(Cl)cc23)C1c1ccc(OCC(O)Cn2ccnc2)cc1. The summed E-state index contributed by atoms with van der Waals surface area (Å²) in [5, 5.41) is 12.0. The number of ether oxygens (including phenoxy) is 2. The highest BCUT2D eigenvalue weighted by Gasteiger charge is 2.35. The first-order valence-corrected chi connectivity index (χ1v) is 13.2. The number of hydrogen-bond donors (Lipinski definition) is 2. The highest BCUT2D eigenvalue weighted by molar-refractivity contribution is 6.31. The summed E-state index contributed by atoms with van der Waals surface area (Å²) in [6.07, 6.45) is 4.44. The first-order valence-electron chi connectivity index (χ1n) is 12.8. The van der Waals surface area contributed by atoms with E-state index in [4.69, 9.17) is 21.1 Å². The van der Waals surface area contributed by atoms with E-state index in [9.17, 15) is 14.3 Å². The molecule has 3 aromatic carbocycles. The number of fused-ring (bicyclic) bond motifs is 3. The Morgan fingerprint density at radius 2 is 1.90 bits per heavy atom. The minimum absolute atomic E-state index is 0.115. The average molecular weight is 561 g/mol. The summed E-state index contributed by atoms with van der Waals surface area (Å²) < 4.78 is 26.6. The maximum absolute atomic E-state index is 13.4. The largest absolute Gasteiger partial charge is 0.491 e. The van der Waals surface area contributed by atoms with Crippen LogP contribution in [0.15, 0.2) is 85.5 Å². The molecule has 0 fully saturated rings. The van der Waals surface area contributed by atoms with Gasteiger partial charge in [-0.05, 0) is 72.1 Å². The molecule has 1 amide bonds. The van der Waals surface area contributed by atoms with Crippen molar-refractivity contribution in [2.45, 2.75) is 25.1 Å². The molecule has 0 aliphatic carbocycles. The van der Waals surface area contributed by atoms with Crippen molar-refractivity contribution < 1.29 is 23.8 Å². The molecule has 0 bridgehead atoms. The zero-order valence-electron chi connectivity index (χ0n) is 21.3. The van der Waals surface area contributed by atoms with Crippen LogP contribution < -0.4 is 9.47 Å². The quantitative estimate of drug-likeness (QED) is 0.265. The van der Waals surface area contributed by atoms with Crippen molar-refractivity contribution in [3.8, 4) is 11.5 Å². The van der Waals surface area contributed by atoms with Crippen LogP contribution >= 0.6 is 11.6 Å². The van der Waals surface area contributed by atoms with Gasteiger partial charge in [0.1, 0.15) is 36.1 Å². The van der Waals surface area contributed by atoms with E-state index < -0.39 is 24.1 Å². The zero-order chi connectivity index (χ0) is 27.6. The predicted octanol–water partition coefficient (Wildman–Crippen LogP) is 5.74. The Hall–Kier alpha value is -4.34. The second kappa shape index (κ2) is 11.0. The van der Waals surface area contributed by atoms with E-state index >= 15 is 0 Å². The van der Waals surface area contributed by atoms with Gasteiger partial charge >= 0.3 is 6.09 Å². The Labute approximate surface area is 234 Å². The standard InChI is InChI=1S/C30H26ClFN4O4/c31-20-3-10-27-26(15-20)25-11-13-36(30(38)40-24-8-4-21(32)5-9-24)29(28(25)34-27)19-1-6-23(7-2-19)39-17-22(37)16-35-14-12-33-18-35/h1-10,12,14-15,18,22,29,34,37H,11,13,16-17H2. The van der Waals surface area contributed by atoms with Crippen LogP contribution in [0.3, 0.4) is 0 Å². The molecule has 0 saturated carbocycles. The molecular weight excluding hydrogens is 535 g/mol. The number of hydrogen-bond acceptors (Lipinski definition) is 5. The van der Waals surface area contributed by atoms with Crippen molar-refractivity contribution in [2.75, 3.05) is 13.2 Å². The summed E-state index contributed by atoms with van der Waals surface area (Å²) in [6, 6.07) is 18.0. The smallest absolute Gasteiger partial charge is 0.416 e. The third-order valence-corrected chi connectivity index (χ3v) is 7.20. The number of aliphatic hydroxyl groups is 1. The maximum Gasteiger partial charge on any atom is 0.416 e. The number of nitrogens with one attached hydrogen (secondary N) is 1. The second-order valence-corrected chi connectivity index (χ2v) is 10.1. The van der Waals surface area contributed by atoms with Gasteiger partial charge in [-0.15, -0.1) is 0 Å². The number of imidazole rings is 1. The normalized spacial score (nSPS) is 15.6. The van der Waals surface area contributed by atoms with Crippen LogP contribution in [0.5, 0.6) is 11.5 Å². The number of amides is 1. The number of H-pyrrole nitrogens is 1. The number of aromatic amines is 1. The first kappa shape index (κ1) is 25.9. The van der Waals surface area contributed by atoms with Gasteiger partial charge in [-0.3, -0.25) is 4.90 Å². The van der Waals surface area contributed by atoms with Crippen LogP contribution in [-0.2, 0) is 13.0 Å². The fourth-order valence-corrected chi connectivity index (χ4v) is 5.27. The van der Waals surface area contributed by atoms with Crippen molar-refractivity contribution in [3.05, 3.63) is 113 Å². The molecule has 8 nitrogen and oxygen atoms in total. The van der Waals surface area contributed by atoms with Gasteiger partial charge in [-0.2, -0.15) is 0 Å². The summed E-state index contributed by atoms with van der Waals surface area (Å²) in [6.45, 7) is 0.901. The van der Waals surface area contributed by atoms with Crippen molar-refractivity contribution in [1.82, 2.24) is 19.4 Å². The summed E-state index contributed by atoms with van der Waals surface area (Å²) >= 11 is 6.30. The lowest BCUT2D eigenvalue weighted by Gasteiger charge is -2.35. The van der Waals surface area contributed by atoms with E-state index in [-0.39, 0.29) is 12.4 Å². The third-order valence-electron chi connectivity index (χ3n) is 6.96. The molecule has 2 N–H and O–H groups in total. The number of aromatic nitrogens is 3. The summed E-state index contributed by atoms with van der Waals surface area (Å²) in [7, 11) is 0. The minimum Gasteiger partial charge on any atom is -0.491 e. The molecule has 0 saturated heterocycles. The van der Waals surface area contributed by atoms with Crippen LogP contribution in [0.1, 0.15) is 22.9 Å². The number of carbonyl (C=O) groups excluding carboxylic acids is 1. The monoisotopic (exact) mass is 560 g/mol. The second-order valence-electron chi connectivity index (χ2n) is 9.67. The number of carbonyl (C=O) groups is 1. The molecule has 0 radical (unpaired) electrons. The van der Waals surface area contributed by atoms with Gasteiger partial charge in [-0.25, -0.2) is 14.2 Å². The van der Waals surface area contributed by atoms with E-state index in [1.54, 1.807) is 28.2 Å². The average Bonchev–Trinajstić information content (AvgIpc) is 3.60. The lowest BCUT2D eigenvalue weighted by molar-refractivity contribution is 0.0924. The van der Waals surface area contributed by atoms with E-state index in [1.165, 1.54) is 24.3 Å². The molecule has 204 valence electrons. The van der Waals surface area contributed by atoms with Gasteiger partial charge in [-0.1, -0.05) is 23.7 Å².